The van der Waals surface area contributed by atoms with Crippen molar-refractivity contribution in [1.29, 1.82) is 0 Å². The highest BCUT2D eigenvalue weighted by Gasteiger charge is 2.40. The third-order valence-electron chi connectivity index (χ3n) is 5.25. The van der Waals surface area contributed by atoms with Crippen LogP contribution in [0.3, 0.4) is 0 Å². The van der Waals surface area contributed by atoms with Crippen LogP contribution in [0, 0.1) is 5.92 Å². The number of imidazole rings is 1. The van der Waals surface area contributed by atoms with E-state index in [0.29, 0.717) is 0 Å². The van der Waals surface area contributed by atoms with Crippen molar-refractivity contribution >= 4 is 0 Å². The molecule has 0 radical (unpaired) electrons. The average molecular weight is 304 g/mol. The molecule has 5 heteroatoms. The van der Waals surface area contributed by atoms with Gasteiger partial charge in [-0.1, -0.05) is 24.3 Å². The fourth-order valence-electron chi connectivity index (χ4n) is 4.18. The van der Waals surface area contributed by atoms with Crippen LogP contribution in [0.5, 0.6) is 0 Å². The van der Waals surface area contributed by atoms with E-state index >= 15 is 0 Å². The second-order valence-corrected chi connectivity index (χ2v) is 6.34. The molecule has 1 unspecified atom stereocenters. The van der Waals surface area contributed by atoms with Gasteiger partial charge in [0.15, 0.2) is 0 Å². The maximum Gasteiger partial charge on any atom is 0.0956 e. The van der Waals surface area contributed by atoms with Crippen molar-refractivity contribution in [1.82, 2.24) is 19.7 Å². The number of aryl methyl sites for hydroxylation is 1. The predicted octanol–water partition coefficient (Wildman–Crippen LogP) is 2.54. The summed E-state index contributed by atoms with van der Waals surface area (Å²) in [4.78, 5) is 4.32. The van der Waals surface area contributed by atoms with Gasteiger partial charge in [-0.05, 0) is 24.0 Å². The molecule has 3 aromatic rings. The summed E-state index contributed by atoms with van der Waals surface area (Å²) in [6.07, 6.45) is 8.61. The van der Waals surface area contributed by atoms with Gasteiger partial charge in [0.05, 0.1) is 42.8 Å². The van der Waals surface area contributed by atoms with Crippen molar-refractivity contribution in [2.45, 2.75) is 25.0 Å². The molecule has 3 atom stereocenters. The smallest absolute Gasteiger partial charge is 0.0956 e. The molecule has 23 heavy (non-hydrogen) atoms. The fourth-order valence-corrected chi connectivity index (χ4v) is 4.18. The van der Waals surface area contributed by atoms with E-state index in [0.717, 1.165) is 29.7 Å². The van der Waals surface area contributed by atoms with E-state index in [9.17, 15) is 5.11 Å². The topological polar surface area (TPSA) is 63.8 Å². The summed E-state index contributed by atoms with van der Waals surface area (Å²) in [5.74, 6) is 0.114. The van der Waals surface area contributed by atoms with Crippen LogP contribution in [-0.2, 0) is 6.42 Å². The van der Waals surface area contributed by atoms with Crippen LogP contribution >= 0.6 is 0 Å². The van der Waals surface area contributed by atoms with E-state index in [-0.39, 0.29) is 12.0 Å². The molecule has 0 saturated heterocycles. The molecule has 1 N–H and O–H groups in total. The molecule has 0 fully saturated rings. The van der Waals surface area contributed by atoms with Gasteiger partial charge in [-0.2, -0.15) is 10.2 Å². The number of fused-ring (bicyclic) bond motifs is 4. The summed E-state index contributed by atoms with van der Waals surface area (Å²) in [5, 5.41) is 18.9. The number of benzene rings is 1. The first-order valence-corrected chi connectivity index (χ1v) is 7.93. The molecule has 0 spiro atoms. The molecule has 114 valence electrons. The molecular formula is C18H16N4O. The minimum atomic E-state index is -0.527. The van der Waals surface area contributed by atoms with E-state index in [1.54, 1.807) is 12.4 Å². The quantitative estimate of drug-likeness (QED) is 0.750. The van der Waals surface area contributed by atoms with Crippen LogP contribution in [0.15, 0.2) is 49.2 Å². The zero-order valence-corrected chi connectivity index (χ0v) is 12.5. The third kappa shape index (κ3) is 1.74. The highest BCUT2D eigenvalue weighted by atomic mass is 16.3. The first-order chi connectivity index (χ1) is 11.3. The first kappa shape index (κ1) is 13.0. The lowest BCUT2D eigenvalue weighted by Crippen LogP contribution is -2.28. The van der Waals surface area contributed by atoms with Crippen molar-refractivity contribution in [2.75, 3.05) is 0 Å². The largest absolute Gasteiger partial charge is 0.388 e. The van der Waals surface area contributed by atoms with Crippen molar-refractivity contribution in [2.24, 2.45) is 5.92 Å². The Bertz CT molecular complexity index is 888. The average Bonchev–Trinajstić information content (AvgIpc) is 3.17. The number of aliphatic hydroxyl groups is 1. The fraction of sp³-hybridized carbons (Fsp3) is 0.278. The molecule has 1 aliphatic heterocycles. The van der Waals surface area contributed by atoms with Crippen molar-refractivity contribution in [3.05, 3.63) is 65.9 Å². The highest BCUT2D eigenvalue weighted by molar-refractivity contribution is 5.69. The van der Waals surface area contributed by atoms with Crippen LogP contribution in [0.2, 0.25) is 0 Å². The summed E-state index contributed by atoms with van der Waals surface area (Å²) in [6.45, 7) is 0. The van der Waals surface area contributed by atoms with Gasteiger partial charge in [0, 0.05) is 17.0 Å². The number of aromatic nitrogens is 4. The molecule has 0 saturated carbocycles. The van der Waals surface area contributed by atoms with Gasteiger partial charge in [-0.25, -0.2) is 4.98 Å². The zero-order valence-electron chi connectivity index (χ0n) is 12.5. The SMILES string of the molecule is O[C@@H]1c2cnncc2CC[C@H]1C1c2ccccc2-c2cncn21. The number of hydrogen-bond donors (Lipinski definition) is 1. The predicted molar refractivity (Wildman–Crippen MR) is 84.6 cm³/mol. The van der Waals surface area contributed by atoms with Crippen LogP contribution < -0.4 is 0 Å². The van der Waals surface area contributed by atoms with Crippen LogP contribution in [0.1, 0.15) is 35.3 Å². The van der Waals surface area contributed by atoms with Gasteiger partial charge < -0.3 is 9.67 Å². The molecule has 0 amide bonds. The van der Waals surface area contributed by atoms with Crippen LogP contribution in [0.4, 0.5) is 0 Å². The summed E-state index contributed by atoms with van der Waals surface area (Å²) < 4.78 is 2.21. The summed E-state index contributed by atoms with van der Waals surface area (Å²) in [6, 6.07) is 8.55. The van der Waals surface area contributed by atoms with Gasteiger partial charge >= 0.3 is 0 Å². The van der Waals surface area contributed by atoms with Crippen molar-refractivity contribution < 1.29 is 5.11 Å². The standard InChI is InChI=1S/C18H16N4O/c23-18-14(6-5-11-7-20-21-8-15(11)18)17-13-4-2-1-3-12(13)16-9-19-10-22(16)17/h1-4,7-10,14,17-18,23H,5-6H2/t14-,17?,18-/m0/s1. The summed E-state index contributed by atoms with van der Waals surface area (Å²) in [5.41, 5.74) is 5.67. The molecule has 1 aliphatic carbocycles. The van der Waals surface area contributed by atoms with Crippen molar-refractivity contribution in [3.8, 4) is 11.3 Å². The Labute approximate surface area is 133 Å². The second kappa shape index (κ2) is 4.73. The van der Waals surface area contributed by atoms with E-state index in [1.807, 2.05) is 12.5 Å². The Morgan fingerprint density at radius 1 is 1.04 bits per heavy atom. The van der Waals surface area contributed by atoms with Gasteiger partial charge in [-0.15, -0.1) is 0 Å². The molecule has 3 heterocycles. The van der Waals surface area contributed by atoms with Crippen LogP contribution in [-0.4, -0.2) is 24.9 Å². The number of nitrogens with zero attached hydrogens (tertiary/aromatic N) is 4. The minimum Gasteiger partial charge on any atom is -0.388 e. The molecule has 5 nitrogen and oxygen atoms in total. The van der Waals surface area contributed by atoms with Gasteiger partial charge in [0.2, 0.25) is 0 Å². The van der Waals surface area contributed by atoms with Gasteiger partial charge in [0.1, 0.15) is 0 Å². The molecule has 2 aromatic heterocycles. The Balaban J connectivity index is 1.64. The summed E-state index contributed by atoms with van der Waals surface area (Å²) in [7, 11) is 0. The maximum atomic E-state index is 11.0. The third-order valence-corrected chi connectivity index (χ3v) is 5.25. The highest BCUT2D eigenvalue weighted by Crippen LogP contribution is 2.49. The molecule has 1 aromatic carbocycles. The first-order valence-electron chi connectivity index (χ1n) is 7.93. The maximum absolute atomic E-state index is 11.0. The van der Waals surface area contributed by atoms with Crippen LogP contribution in [0.25, 0.3) is 11.3 Å². The Hall–Kier alpha value is -2.53. The molecule has 0 bridgehead atoms. The van der Waals surface area contributed by atoms with Gasteiger partial charge in [-0.3, -0.25) is 0 Å². The Morgan fingerprint density at radius 2 is 1.91 bits per heavy atom. The Morgan fingerprint density at radius 3 is 2.87 bits per heavy atom. The molecule has 5 rings (SSSR count). The van der Waals surface area contributed by atoms with E-state index < -0.39 is 6.10 Å². The molecular weight excluding hydrogens is 288 g/mol. The van der Waals surface area contributed by atoms with E-state index in [1.165, 1.54) is 11.1 Å². The Kier molecular flexibility index (Phi) is 2.67. The monoisotopic (exact) mass is 304 g/mol. The number of hydrogen-bond acceptors (Lipinski definition) is 4. The second-order valence-electron chi connectivity index (χ2n) is 6.34. The summed E-state index contributed by atoms with van der Waals surface area (Å²) >= 11 is 0. The van der Waals surface area contributed by atoms with Gasteiger partial charge in [0.25, 0.3) is 0 Å². The lowest BCUT2D eigenvalue weighted by atomic mass is 9.77. The lowest BCUT2D eigenvalue weighted by Gasteiger charge is -2.34. The minimum absolute atomic E-state index is 0.114. The van der Waals surface area contributed by atoms with E-state index in [2.05, 4.69) is 44.0 Å². The number of rotatable bonds is 1. The normalized spacial score (nSPS) is 24.8. The van der Waals surface area contributed by atoms with Crippen molar-refractivity contribution in [3.63, 3.8) is 0 Å². The number of aliphatic hydroxyl groups excluding tert-OH is 1. The molecule has 2 aliphatic rings. The lowest BCUT2D eigenvalue weighted by molar-refractivity contribution is 0.0714. The zero-order chi connectivity index (χ0) is 15.4. The van der Waals surface area contributed by atoms with E-state index in [4.69, 9.17) is 0 Å².